The molecule has 0 radical (unpaired) electrons. The zero-order chi connectivity index (χ0) is 18.6. The van der Waals surface area contributed by atoms with E-state index in [1.54, 1.807) is 36.4 Å². The maximum absolute atomic E-state index is 12.0. The first kappa shape index (κ1) is 16.7. The van der Waals surface area contributed by atoms with E-state index in [1.165, 1.54) is 0 Å². The molecule has 27 heavy (non-hydrogen) atoms. The SMILES string of the molecule is N#Cc1ccc(OCC(=O)Nc2ccc(-c3nnnn3C3CC3)cc2)cc1. The molecule has 1 saturated carbocycles. The smallest absolute Gasteiger partial charge is 0.262 e. The van der Waals surface area contributed by atoms with E-state index in [2.05, 4.69) is 20.8 Å². The van der Waals surface area contributed by atoms with Crippen LogP contribution in [-0.4, -0.2) is 32.7 Å². The molecule has 0 atom stereocenters. The number of nitrogens with one attached hydrogen (secondary N) is 1. The maximum atomic E-state index is 12.0. The second-order valence-corrected chi connectivity index (χ2v) is 6.23. The number of benzene rings is 2. The van der Waals surface area contributed by atoms with Crippen LogP contribution in [0.25, 0.3) is 11.4 Å². The first-order valence-corrected chi connectivity index (χ1v) is 8.54. The number of hydrogen-bond acceptors (Lipinski definition) is 6. The molecule has 3 aromatic rings. The van der Waals surface area contributed by atoms with Crippen LogP contribution in [0.2, 0.25) is 0 Å². The number of tetrazole rings is 1. The molecule has 1 amide bonds. The molecule has 0 unspecified atom stereocenters. The summed E-state index contributed by atoms with van der Waals surface area (Å²) in [6.45, 7) is -0.117. The number of carbonyl (C=O) groups is 1. The van der Waals surface area contributed by atoms with Crippen LogP contribution in [0.15, 0.2) is 48.5 Å². The molecule has 1 aromatic heterocycles. The van der Waals surface area contributed by atoms with Crippen molar-refractivity contribution in [3.05, 3.63) is 54.1 Å². The molecule has 8 nitrogen and oxygen atoms in total. The lowest BCUT2D eigenvalue weighted by Crippen LogP contribution is -2.20. The van der Waals surface area contributed by atoms with Gasteiger partial charge in [-0.3, -0.25) is 4.79 Å². The summed E-state index contributed by atoms with van der Waals surface area (Å²) in [5.41, 5.74) is 2.11. The summed E-state index contributed by atoms with van der Waals surface area (Å²) < 4.78 is 7.27. The van der Waals surface area contributed by atoms with Gasteiger partial charge in [0.2, 0.25) is 0 Å². The van der Waals surface area contributed by atoms with Crippen molar-refractivity contribution in [2.75, 3.05) is 11.9 Å². The number of hydrogen-bond donors (Lipinski definition) is 1. The number of nitrogens with zero attached hydrogens (tertiary/aromatic N) is 5. The molecule has 1 fully saturated rings. The minimum Gasteiger partial charge on any atom is -0.484 e. The van der Waals surface area contributed by atoms with Gasteiger partial charge in [-0.25, -0.2) is 4.68 Å². The zero-order valence-electron chi connectivity index (χ0n) is 14.4. The number of nitriles is 1. The van der Waals surface area contributed by atoms with Gasteiger partial charge >= 0.3 is 0 Å². The van der Waals surface area contributed by atoms with E-state index in [1.807, 2.05) is 22.9 Å². The molecule has 0 spiro atoms. The average Bonchev–Trinajstić information content (AvgIpc) is 3.44. The molecule has 1 aliphatic rings. The predicted octanol–water partition coefficient (Wildman–Crippen LogP) is 2.56. The first-order valence-electron chi connectivity index (χ1n) is 8.54. The quantitative estimate of drug-likeness (QED) is 0.724. The van der Waals surface area contributed by atoms with Gasteiger partial charge in [0, 0.05) is 11.3 Å². The van der Waals surface area contributed by atoms with Crippen molar-refractivity contribution in [3.8, 4) is 23.2 Å². The van der Waals surface area contributed by atoms with Crippen LogP contribution in [0.4, 0.5) is 5.69 Å². The van der Waals surface area contributed by atoms with Gasteiger partial charge in [-0.2, -0.15) is 5.26 Å². The highest BCUT2D eigenvalue weighted by molar-refractivity contribution is 5.92. The van der Waals surface area contributed by atoms with Crippen LogP contribution in [0.5, 0.6) is 5.75 Å². The molecule has 1 aliphatic carbocycles. The fourth-order valence-corrected chi connectivity index (χ4v) is 2.62. The Labute approximate surface area is 155 Å². The average molecular weight is 360 g/mol. The van der Waals surface area contributed by atoms with Crippen LogP contribution in [0.1, 0.15) is 24.4 Å². The molecule has 2 aromatic carbocycles. The fraction of sp³-hybridized carbons (Fsp3) is 0.211. The zero-order valence-corrected chi connectivity index (χ0v) is 14.4. The van der Waals surface area contributed by atoms with Gasteiger partial charge in [-0.1, -0.05) is 0 Å². The molecule has 8 heteroatoms. The molecular formula is C19H16N6O2. The standard InChI is InChI=1S/C19H16N6O2/c20-11-13-1-9-17(10-2-13)27-12-18(26)21-15-5-3-14(4-6-15)19-22-23-24-25(19)16-7-8-16/h1-6,9-10,16H,7-8,12H2,(H,21,26). The van der Waals surface area contributed by atoms with Gasteiger partial charge < -0.3 is 10.1 Å². The highest BCUT2D eigenvalue weighted by atomic mass is 16.5. The second-order valence-electron chi connectivity index (χ2n) is 6.23. The molecular weight excluding hydrogens is 344 g/mol. The van der Waals surface area contributed by atoms with Crippen molar-refractivity contribution in [1.29, 1.82) is 5.26 Å². The lowest BCUT2D eigenvalue weighted by atomic mass is 10.2. The minimum atomic E-state index is -0.269. The van der Waals surface area contributed by atoms with Gasteiger partial charge in [-0.05, 0) is 71.8 Å². The van der Waals surface area contributed by atoms with Gasteiger partial charge in [0.25, 0.3) is 5.91 Å². The molecule has 0 aliphatic heterocycles. The van der Waals surface area contributed by atoms with Crippen LogP contribution >= 0.6 is 0 Å². The lowest BCUT2D eigenvalue weighted by molar-refractivity contribution is -0.118. The Bertz CT molecular complexity index is 984. The van der Waals surface area contributed by atoms with Gasteiger partial charge in [0.1, 0.15) is 5.75 Å². The Morgan fingerprint density at radius 3 is 2.59 bits per heavy atom. The number of rotatable bonds is 6. The summed E-state index contributed by atoms with van der Waals surface area (Å²) in [6.07, 6.45) is 2.21. The summed E-state index contributed by atoms with van der Waals surface area (Å²) in [7, 11) is 0. The van der Waals surface area contributed by atoms with Crippen LogP contribution in [0.3, 0.4) is 0 Å². The molecule has 0 saturated heterocycles. The van der Waals surface area contributed by atoms with E-state index in [0.717, 1.165) is 24.2 Å². The van der Waals surface area contributed by atoms with Gasteiger partial charge in [0.15, 0.2) is 12.4 Å². The Morgan fingerprint density at radius 1 is 1.19 bits per heavy atom. The topological polar surface area (TPSA) is 106 Å². The number of amides is 1. The van der Waals surface area contributed by atoms with E-state index < -0.39 is 0 Å². The summed E-state index contributed by atoms with van der Waals surface area (Å²) in [5, 5.41) is 23.4. The largest absolute Gasteiger partial charge is 0.484 e. The van der Waals surface area contributed by atoms with E-state index in [-0.39, 0.29) is 12.5 Å². The number of ether oxygens (including phenoxy) is 1. The number of anilines is 1. The fourth-order valence-electron chi connectivity index (χ4n) is 2.62. The van der Waals surface area contributed by atoms with Crippen molar-refractivity contribution in [3.63, 3.8) is 0 Å². The second kappa shape index (κ2) is 7.25. The van der Waals surface area contributed by atoms with Crippen LogP contribution < -0.4 is 10.1 Å². The lowest BCUT2D eigenvalue weighted by Gasteiger charge is -2.08. The third-order valence-electron chi connectivity index (χ3n) is 4.17. The van der Waals surface area contributed by atoms with Crippen LogP contribution in [-0.2, 0) is 4.79 Å². The van der Waals surface area contributed by atoms with Gasteiger partial charge in [0.05, 0.1) is 17.7 Å². The van der Waals surface area contributed by atoms with E-state index >= 15 is 0 Å². The minimum absolute atomic E-state index is 0.117. The Hall–Kier alpha value is -3.73. The Morgan fingerprint density at radius 2 is 1.93 bits per heavy atom. The van der Waals surface area contributed by atoms with Gasteiger partial charge in [-0.15, -0.1) is 5.10 Å². The van der Waals surface area contributed by atoms with Crippen molar-refractivity contribution in [2.24, 2.45) is 0 Å². The van der Waals surface area contributed by atoms with E-state index in [9.17, 15) is 4.79 Å². The molecule has 134 valence electrons. The monoisotopic (exact) mass is 360 g/mol. The summed E-state index contributed by atoms with van der Waals surface area (Å²) >= 11 is 0. The normalized spacial score (nSPS) is 13.0. The van der Waals surface area contributed by atoms with Crippen molar-refractivity contribution in [1.82, 2.24) is 20.2 Å². The van der Waals surface area contributed by atoms with Crippen LogP contribution in [0, 0.1) is 11.3 Å². The molecule has 4 rings (SSSR count). The van der Waals surface area contributed by atoms with Crippen molar-refractivity contribution >= 4 is 11.6 Å². The Kier molecular flexibility index (Phi) is 4.49. The highest BCUT2D eigenvalue weighted by Crippen LogP contribution is 2.36. The van der Waals surface area contributed by atoms with E-state index in [4.69, 9.17) is 10.00 Å². The molecule has 0 bridgehead atoms. The third kappa shape index (κ3) is 3.93. The number of aromatic nitrogens is 4. The van der Waals surface area contributed by atoms with E-state index in [0.29, 0.717) is 23.0 Å². The summed E-state index contributed by atoms with van der Waals surface area (Å²) in [6, 6.07) is 16.4. The summed E-state index contributed by atoms with van der Waals surface area (Å²) in [4.78, 5) is 12.0. The third-order valence-corrected chi connectivity index (χ3v) is 4.17. The highest BCUT2D eigenvalue weighted by Gasteiger charge is 2.28. The Balaban J connectivity index is 1.34. The number of carbonyl (C=O) groups excluding carboxylic acids is 1. The first-order chi connectivity index (χ1) is 13.2. The van der Waals surface area contributed by atoms with Crippen molar-refractivity contribution in [2.45, 2.75) is 18.9 Å². The predicted molar refractivity (Wildman–Crippen MR) is 96.8 cm³/mol. The molecule has 1 N–H and O–H groups in total. The maximum Gasteiger partial charge on any atom is 0.262 e. The molecule has 1 heterocycles. The van der Waals surface area contributed by atoms with Crippen molar-refractivity contribution < 1.29 is 9.53 Å². The summed E-state index contributed by atoms with van der Waals surface area (Å²) in [5.74, 6) is 1.00.